The van der Waals surface area contributed by atoms with E-state index in [0.717, 1.165) is 0 Å². The molecule has 1 aliphatic rings. The largest absolute Gasteiger partial charge is 0.480 e. The maximum Gasteiger partial charge on any atom is 0.326 e. The lowest BCUT2D eigenvalue weighted by Gasteiger charge is -2.24. The van der Waals surface area contributed by atoms with E-state index in [0.29, 0.717) is 11.1 Å². The smallest absolute Gasteiger partial charge is 0.326 e. The van der Waals surface area contributed by atoms with Crippen molar-refractivity contribution in [2.45, 2.75) is 38.0 Å². The molecule has 1 aliphatic heterocycles. The normalized spacial score (nSPS) is 20.6. The van der Waals surface area contributed by atoms with E-state index in [1.54, 1.807) is 24.3 Å². The van der Waals surface area contributed by atoms with Crippen LogP contribution in [0, 0.1) is 11.3 Å². The van der Waals surface area contributed by atoms with Crippen LogP contribution in [0.25, 0.3) is 0 Å². The molecule has 2 amide bonds. The summed E-state index contributed by atoms with van der Waals surface area (Å²) in [6.45, 7) is 1.35. The van der Waals surface area contributed by atoms with E-state index in [2.05, 4.69) is 5.32 Å². The van der Waals surface area contributed by atoms with E-state index >= 15 is 0 Å². The third-order valence-electron chi connectivity index (χ3n) is 4.12. The first kappa shape index (κ1) is 18.4. The Morgan fingerprint density at radius 1 is 1.36 bits per heavy atom. The van der Waals surface area contributed by atoms with Crippen molar-refractivity contribution < 1.29 is 24.6 Å². The third-order valence-corrected chi connectivity index (χ3v) is 4.12. The fourth-order valence-corrected chi connectivity index (χ4v) is 2.83. The van der Waals surface area contributed by atoms with Crippen LogP contribution in [-0.2, 0) is 20.8 Å². The molecule has 0 aromatic heterocycles. The Balaban J connectivity index is 2.07. The van der Waals surface area contributed by atoms with Crippen LogP contribution in [0.3, 0.4) is 0 Å². The van der Waals surface area contributed by atoms with Crippen molar-refractivity contribution in [2.24, 2.45) is 0 Å². The highest BCUT2D eigenvalue weighted by atomic mass is 16.4. The highest BCUT2D eigenvalue weighted by molar-refractivity contribution is 5.90. The molecule has 8 heteroatoms. The van der Waals surface area contributed by atoms with Gasteiger partial charge in [-0.1, -0.05) is 12.1 Å². The predicted molar refractivity (Wildman–Crippen MR) is 86.2 cm³/mol. The highest BCUT2D eigenvalue weighted by Crippen LogP contribution is 2.18. The minimum Gasteiger partial charge on any atom is -0.480 e. The zero-order valence-electron chi connectivity index (χ0n) is 13.7. The van der Waals surface area contributed by atoms with E-state index in [4.69, 9.17) is 5.26 Å². The standard InChI is InChI=1S/C17H19N3O5/c1-10(21)20-9-13(22)7-15(20)16(23)19-14(17(24)25)6-11-2-4-12(8-18)5-3-11/h2-5,13-15,22H,6-7,9H2,1H3,(H,19,23)(H,24,25)/t13-,14+,15+/m1/s1. The molecule has 8 nitrogen and oxygen atoms in total. The number of nitrogens with one attached hydrogen (secondary N) is 1. The first-order valence-corrected chi connectivity index (χ1v) is 7.79. The number of aliphatic hydroxyl groups is 1. The molecule has 25 heavy (non-hydrogen) atoms. The molecule has 0 spiro atoms. The summed E-state index contributed by atoms with van der Waals surface area (Å²) >= 11 is 0. The van der Waals surface area contributed by atoms with Gasteiger partial charge in [-0.25, -0.2) is 4.79 Å². The predicted octanol–water partition coefficient (Wildman–Crippen LogP) is -0.348. The molecular formula is C17H19N3O5. The second kappa shape index (κ2) is 7.77. The zero-order valence-corrected chi connectivity index (χ0v) is 13.7. The number of hydrogen-bond acceptors (Lipinski definition) is 5. The Labute approximate surface area is 144 Å². The lowest BCUT2D eigenvalue weighted by atomic mass is 10.0. The van der Waals surface area contributed by atoms with Gasteiger partial charge in [0.15, 0.2) is 0 Å². The van der Waals surface area contributed by atoms with Gasteiger partial charge in [-0.05, 0) is 17.7 Å². The Bertz CT molecular complexity index is 710. The monoisotopic (exact) mass is 345 g/mol. The van der Waals surface area contributed by atoms with Crippen LogP contribution in [0.15, 0.2) is 24.3 Å². The summed E-state index contributed by atoms with van der Waals surface area (Å²) in [4.78, 5) is 36.7. The molecule has 0 radical (unpaired) electrons. The number of benzene rings is 1. The molecule has 3 atom stereocenters. The molecule has 1 aromatic rings. The molecule has 1 saturated heterocycles. The summed E-state index contributed by atoms with van der Waals surface area (Å²) in [5.41, 5.74) is 1.11. The van der Waals surface area contributed by atoms with Crippen LogP contribution in [0.2, 0.25) is 0 Å². The van der Waals surface area contributed by atoms with Gasteiger partial charge in [0.25, 0.3) is 0 Å². The lowest BCUT2D eigenvalue weighted by molar-refractivity contribution is -0.143. The number of aliphatic carboxylic acids is 1. The topological polar surface area (TPSA) is 131 Å². The van der Waals surface area contributed by atoms with Crippen LogP contribution in [0.5, 0.6) is 0 Å². The van der Waals surface area contributed by atoms with Gasteiger partial charge in [-0.2, -0.15) is 5.26 Å². The first-order chi connectivity index (χ1) is 11.8. The van der Waals surface area contributed by atoms with Crippen LogP contribution in [0.4, 0.5) is 0 Å². The summed E-state index contributed by atoms with van der Waals surface area (Å²) in [5, 5.41) is 30.2. The van der Waals surface area contributed by atoms with Gasteiger partial charge < -0.3 is 20.4 Å². The van der Waals surface area contributed by atoms with E-state index in [1.165, 1.54) is 11.8 Å². The van der Waals surface area contributed by atoms with Crippen molar-refractivity contribution in [2.75, 3.05) is 6.54 Å². The van der Waals surface area contributed by atoms with Gasteiger partial charge in [0, 0.05) is 26.3 Å². The Hall–Kier alpha value is -2.92. The van der Waals surface area contributed by atoms with E-state index in [-0.39, 0.29) is 25.3 Å². The number of likely N-dealkylation sites (tertiary alicyclic amines) is 1. The third kappa shape index (κ3) is 4.55. The Morgan fingerprint density at radius 3 is 2.52 bits per heavy atom. The number of carboxylic acids is 1. The number of carboxylic acid groups (broad SMARTS) is 1. The number of β-amino-alcohol motifs (C(OH)–C–C–N with tert-alkyl or cyclic N) is 1. The quantitative estimate of drug-likeness (QED) is 0.669. The summed E-state index contributed by atoms with van der Waals surface area (Å²) in [6.07, 6.45) is -0.682. The van der Waals surface area contributed by atoms with E-state index in [9.17, 15) is 24.6 Å². The minimum atomic E-state index is -1.20. The Kier molecular flexibility index (Phi) is 5.72. The fourth-order valence-electron chi connectivity index (χ4n) is 2.83. The Morgan fingerprint density at radius 2 is 2.00 bits per heavy atom. The molecule has 1 fully saturated rings. The number of nitrogens with zero attached hydrogens (tertiary/aromatic N) is 2. The molecule has 0 saturated carbocycles. The number of hydrogen-bond donors (Lipinski definition) is 3. The van der Waals surface area contributed by atoms with Crippen LogP contribution < -0.4 is 5.32 Å². The number of aliphatic hydroxyl groups excluding tert-OH is 1. The van der Waals surface area contributed by atoms with Gasteiger partial charge in [-0.15, -0.1) is 0 Å². The van der Waals surface area contributed by atoms with Crippen LogP contribution in [-0.4, -0.2) is 57.6 Å². The van der Waals surface area contributed by atoms with Crippen molar-refractivity contribution in [3.05, 3.63) is 35.4 Å². The molecule has 0 unspecified atom stereocenters. The average molecular weight is 345 g/mol. The van der Waals surface area contributed by atoms with Crippen molar-refractivity contribution in [3.63, 3.8) is 0 Å². The van der Waals surface area contributed by atoms with Crippen LogP contribution in [0.1, 0.15) is 24.5 Å². The molecule has 3 N–H and O–H groups in total. The summed E-state index contributed by atoms with van der Waals surface area (Å²) < 4.78 is 0. The molecular weight excluding hydrogens is 326 g/mol. The average Bonchev–Trinajstić information content (AvgIpc) is 2.97. The van der Waals surface area contributed by atoms with Crippen molar-refractivity contribution in [1.29, 1.82) is 5.26 Å². The molecule has 1 heterocycles. The summed E-state index contributed by atoms with van der Waals surface area (Å²) in [7, 11) is 0. The number of amides is 2. The molecule has 0 aliphatic carbocycles. The minimum absolute atomic E-state index is 0.0438. The van der Waals surface area contributed by atoms with E-state index < -0.39 is 30.1 Å². The van der Waals surface area contributed by atoms with Crippen molar-refractivity contribution in [3.8, 4) is 6.07 Å². The van der Waals surface area contributed by atoms with Gasteiger partial charge in [0.1, 0.15) is 12.1 Å². The van der Waals surface area contributed by atoms with Crippen LogP contribution >= 0.6 is 0 Å². The first-order valence-electron chi connectivity index (χ1n) is 7.79. The SMILES string of the molecule is CC(=O)N1C[C@H](O)C[C@H]1C(=O)N[C@@H](Cc1ccc(C#N)cc1)C(=O)O. The van der Waals surface area contributed by atoms with Gasteiger partial charge >= 0.3 is 5.97 Å². The molecule has 2 rings (SSSR count). The van der Waals surface area contributed by atoms with Gasteiger partial charge in [0.05, 0.1) is 17.7 Å². The maximum absolute atomic E-state index is 12.4. The summed E-state index contributed by atoms with van der Waals surface area (Å²) in [6, 6.07) is 6.31. The molecule has 1 aromatic carbocycles. The van der Waals surface area contributed by atoms with Gasteiger partial charge in [-0.3, -0.25) is 9.59 Å². The zero-order chi connectivity index (χ0) is 18.6. The number of carbonyl (C=O) groups is 3. The number of nitriles is 1. The molecule has 0 bridgehead atoms. The van der Waals surface area contributed by atoms with Crippen molar-refractivity contribution in [1.82, 2.24) is 10.2 Å². The summed E-state index contributed by atoms with van der Waals surface area (Å²) in [5.74, 6) is -2.16. The fraction of sp³-hybridized carbons (Fsp3) is 0.412. The lowest BCUT2D eigenvalue weighted by Crippen LogP contribution is -2.51. The second-order valence-corrected chi connectivity index (χ2v) is 5.99. The highest BCUT2D eigenvalue weighted by Gasteiger charge is 2.38. The number of carbonyl (C=O) groups excluding carboxylic acids is 2. The van der Waals surface area contributed by atoms with E-state index in [1.807, 2.05) is 6.07 Å². The number of rotatable bonds is 5. The maximum atomic E-state index is 12.4. The van der Waals surface area contributed by atoms with Crippen molar-refractivity contribution >= 4 is 17.8 Å². The second-order valence-electron chi connectivity index (χ2n) is 5.99. The van der Waals surface area contributed by atoms with Gasteiger partial charge in [0.2, 0.25) is 11.8 Å². The molecule has 132 valence electrons.